The second kappa shape index (κ2) is 4.27. The Morgan fingerprint density at radius 2 is 1.94 bits per heavy atom. The van der Waals surface area contributed by atoms with Gasteiger partial charge in [0.1, 0.15) is 5.75 Å². The van der Waals surface area contributed by atoms with Gasteiger partial charge in [-0.15, -0.1) is 13.2 Å². The van der Waals surface area contributed by atoms with Crippen LogP contribution in [0.5, 0.6) is 5.75 Å². The Hall–Kier alpha value is -1.72. The molecule has 0 bridgehead atoms. The van der Waals surface area contributed by atoms with Crippen molar-refractivity contribution in [2.24, 2.45) is 11.0 Å². The van der Waals surface area contributed by atoms with E-state index in [0.29, 0.717) is 0 Å². The van der Waals surface area contributed by atoms with E-state index < -0.39 is 6.36 Å². The van der Waals surface area contributed by atoms with Crippen molar-refractivity contribution in [1.82, 2.24) is 5.43 Å². The first-order valence-corrected chi connectivity index (χ1v) is 5.12. The fourth-order valence-corrected chi connectivity index (χ4v) is 1.65. The van der Waals surface area contributed by atoms with Crippen LogP contribution in [0.25, 0.3) is 0 Å². The molecule has 0 spiro atoms. The summed E-state index contributed by atoms with van der Waals surface area (Å²) in [5, 5.41) is 4.09. The molecule has 0 fully saturated rings. The summed E-state index contributed by atoms with van der Waals surface area (Å²) in [7, 11) is 0. The number of halogens is 3. The first-order chi connectivity index (χ1) is 7.96. The van der Waals surface area contributed by atoms with Gasteiger partial charge in [0.15, 0.2) is 0 Å². The zero-order valence-corrected chi connectivity index (χ0v) is 9.08. The van der Waals surface area contributed by atoms with Crippen molar-refractivity contribution in [2.75, 3.05) is 6.54 Å². The largest absolute Gasteiger partial charge is 0.573 e. The number of alkyl halides is 3. The summed E-state index contributed by atoms with van der Waals surface area (Å²) in [5.74, 6) is 0.0323. The smallest absolute Gasteiger partial charge is 0.406 e. The molecule has 1 aromatic carbocycles. The lowest BCUT2D eigenvalue weighted by atomic mass is 10.00. The molecule has 92 valence electrons. The van der Waals surface area contributed by atoms with Gasteiger partial charge in [-0.3, -0.25) is 0 Å². The first kappa shape index (κ1) is 11.8. The molecule has 0 amide bonds. The predicted octanol–water partition coefficient (Wildman–Crippen LogP) is 2.53. The Morgan fingerprint density at radius 3 is 2.41 bits per heavy atom. The van der Waals surface area contributed by atoms with Crippen molar-refractivity contribution in [3.05, 3.63) is 29.8 Å². The molecule has 0 radical (unpaired) electrons. The maximum Gasteiger partial charge on any atom is 0.573 e. The molecule has 1 aliphatic heterocycles. The number of rotatable bonds is 2. The highest BCUT2D eigenvalue weighted by Crippen LogP contribution is 2.23. The molecule has 1 atom stereocenters. The lowest BCUT2D eigenvalue weighted by Gasteiger charge is -2.10. The molecule has 0 aliphatic carbocycles. The number of nitrogens with one attached hydrogen (secondary N) is 1. The van der Waals surface area contributed by atoms with Gasteiger partial charge in [0.2, 0.25) is 0 Å². The van der Waals surface area contributed by atoms with E-state index in [9.17, 15) is 13.2 Å². The maximum atomic E-state index is 11.9. The quantitative estimate of drug-likeness (QED) is 0.867. The van der Waals surface area contributed by atoms with Gasteiger partial charge in [-0.25, -0.2) is 0 Å². The van der Waals surface area contributed by atoms with Gasteiger partial charge >= 0.3 is 6.36 Å². The second-order valence-corrected chi connectivity index (χ2v) is 3.83. The molecular formula is C11H11F3N2O. The Bertz CT molecular complexity index is 425. The van der Waals surface area contributed by atoms with E-state index in [2.05, 4.69) is 15.3 Å². The minimum Gasteiger partial charge on any atom is -0.406 e. The number of ether oxygens (including phenoxy) is 1. The molecule has 0 saturated carbocycles. The Labute approximate surface area is 96.3 Å². The van der Waals surface area contributed by atoms with Crippen LogP contribution in [0.15, 0.2) is 29.4 Å². The van der Waals surface area contributed by atoms with Crippen molar-refractivity contribution in [3.63, 3.8) is 0 Å². The second-order valence-electron chi connectivity index (χ2n) is 3.83. The van der Waals surface area contributed by atoms with Crippen LogP contribution in [0.2, 0.25) is 0 Å². The zero-order valence-electron chi connectivity index (χ0n) is 9.08. The highest BCUT2D eigenvalue weighted by molar-refractivity contribution is 6.03. The molecule has 17 heavy (non-hydrogen) atoms. The predicted molar refractivity (Wildman–Crippen MR) is 56.8 cm³/mol. The molecule has 1 N–H and O–H groups in total. The Kier molecular flexibility index (Phi) is 2.95. The van der Waals surface area contributed by atoms with E-state index >= 15 is 0 Å². The summed E-state index contributed by atoms with van der Waals surface area (Å²) in [4.78, 5) is 0. The normalized spacial score (nSPS) is 19.8. The lowest BCUT2D eigenvalue weighted by Crippen LogP contribution is -2.17. The van der Waals surface area contributed by atoms with Crippen LogP contribution in [-0.4, -0.2) is 18.6 Å². The van der Waals surface area contributed by atoms with Gasteiger partial charge in [-0.1, -0.05) is 6.92 Å². The maximum absolute atomic E-state index is 11.9. The summed E-state index contributed by atoms with van der Waals surface area (Å²) in [5.41, 5.74) is 4.50. The van der Waals surface area contributed by atoms with Crippen molar-refractivity contribution in [2.45, 2.75) is 13.3 Å². The average molecular weight is 244 g/mol. The lowest BCUT2D eigenvalue weighted by molar-refractivity contribution is -0.274. The molecule has 1 aromatic rings. The standard InChI is InChI=1S/C11H11F3N2O/c1-7-6-15-16-10(7)8-2-4-9(5-3-8)17-11(12,13)14/h2-5,7,15H,6H2,1H3. The number of benzene rings is 1. The van der Waals surface area contributed by atoms with E-state index in [0.717, 1.165) is 17.8 Å². The topological polar surface area (TPSA) is 33.6 Å². The summed E-state index contributed by atoms with van der Waals surface area (Å²) < 4.78 is 39.6. The SMILES string of the molecule is CC1CNN=C1c1ccc(OC(F)(F)F)cc1. The van der Waals surface area contributed by atoms with Crippen LogP contribution in [0.1, 0.15) is 12.5 Å². The number of nitrogens with zero attached hydrogens (tertiary/aromatic N) is 1. The molecule has 1 heterocycles. The highest BCUT2D eigenvalue weighted by Gasteiger charge is 2.31. The molecule has 6 heteroatoms. The van der Waals surface area contributed by atoms with Gasteiger partial charge in [-0.2, -0.15) is 5.10 Å². The molecule has 3 nitrogen and oxygen atoms in total. The van der Waals surface area contributed by atoms with E-state index in [1.807, 2.05) is 6.92 Å². The van der Waals surface area contributed by atoms with Crippen LogP contribution in [0, 0.1) is 5.92 Å². The summed E-state index contributed by atoms with van der Waals surface area (Å²) >= 11 is 0. The van der Waals surface area contributed by atoms with E-state index in [1.54, 1.807) is 12.1 Å². The van der Waals surface area contributed by atoms with Gasteiger partial charge in [0.05, 0.1) is 5.71 Å². The van der Waals surface area contributed by atoms with Crippen molar-refractivity contribution >= 4 is 5.71 Å². The molecule has 0 saturated heterocycles. The minimum absolute atomic E-state index is 0.222. The molecule has 1 aliphatic rings. The van der Waals surface area contributed by atoms with Gasteiger partial charge in [0.25, 0.3) is 0 Å². The highest BCUT2D eigenvalue weighted by atomic mass is 19.4. The number of hydrogen-bond donors (Lipinski definition) is 1. The van der Waals surface area contributed by atoms with E-state index in [-0.39, 0.29) is 11.7 Å². The monoisotopic (exact) mass is 244 g/mol. The van der Waals surface area contributed by atoms with Gasteiger partial charge in [0, 0.05) is 12.5 Å². The van der Waals surface area contributed by atoms with E-state index in [4.69, 9.17) is 0 Å². The fraction of sp³-hybridized carbons (Fsp3) is 0.364. The van der Waals surface area contributed by atoms with Crippen LogP contribution in [0.4, 0.5) is 13.2 Å². The van der Waals surface area contributed by atoms with Gasteiger partial charge in [-0.05, 0) is 29.8 Å². The molecule has 1 unspecified atom stereocenters. The van der Waals surface area contributed by atoms with Crippen molar-refractivity contribution in [3.8, 4) is 5.75 Å². The number of hydrazone groups is 1. The molecule has 0 aromatic heterocycles. The third-order valence-electron chi connectivity index (χ3n) is 2.45. The van der Waals surface area contributed by atoms with Crippen LogP contribution in [0.3, 0.4) is 0 Å². The Morgan fingerprint density at radius 1 is 1.29 bits per heavy atom. The first-order valence-electron chi connectivity index (χ1n) is 5.12. The summed E-state index contributed by atoms with van der Waals surface area (Å²) in [6.07, 6.45) is -4.65. The summed E-state index contributed by atoms with van der Waals surface area (Å²) in [6, 6.07) is 5.72. The van der Waals surface area contributed by atoms with Crippen molar-refractivity contribution < 1.29 is 17.9 Å². The molecule has 2 rings (SSSR count). The minimum atomic E-state index is -4.65. The summed E-state index contributed by atoms with van der Waals surface area (Å²) in [6.45, 7) is 2.75. The Balaban J connectivity index is 2.13. The average Bonchev–Trinajstić information content (AvgIpc) is 2.63. The van der Waals surface area contributed by atoms with Crippen molar-refractivity contribution in [1.29, 1.82) is 0 Å². The van der Waals surface area contributed by atoms with Crippen LogP contribution in [-0.2, 0) is 0 Å². The van der Waals surface area contributed by atoms with Gasteiger partial charge < -0.3 is 10.2 Å². The number of hydrogen-bond acceptors (Lipinski definition) is 3. The third kappa shape index (κ3) is 2.89. The van der Waals surface area contributed by atoms with Crippen LogP contribution < -0.4 is 10.2 Å². The van der Waals surface area contributed by atoms with E-state index in [1.165, 1.54) is 12.1 Å². The molecular weight excluding hydrogens is 233 g/mol. The van der Waals surface area contributed by atoms with Crippen LogP contribution >= 0.6 is 0 Å². The third-order valence-corrected chi connectivity index (χ3v) is 2.45. The zero-order chi connectivity index (χ0) is 12.5. The fourth-order valence-electron chi connectivity index (χ4n) is 1.65.